The van der Waals surface area contributed by atoms with Crippen LogP contribution in [0.1, 0.15) is 67.7 Å². The number of hydrogen-bond acceptors (Lipinski definition) is 2. The highest BCUT2D eigenvalue weighted by molar-refractivity contribution is 5.97. The topological polar surface area (TPSA) is 49.4 Å². The summed E-state index contributed by atoms with van der Waals surface area (Å²) in [5.41, 5.74) is -0.556. The molecule has 0 bridgehead atoms. The van der Waals surface area contributed by atoms with Gasteiger partial charge in [-0.2, -0.15) is 0 Å². The molecule has 4 heteroatoms. The summed E-state index contributed by atoms with van der Waals surface area (Å²) >= 11 is 0. The number of carbonyl (C=O) groups is 2. The van der Waals surface area contributed by atoms with E-state index in [0.717, 1.165) is 12.8 Å². The lowest BCUT2D eigenvalue weighted by molar-refractivity contribution is -0.159. The summed E-state index contributed by atoms with van der Waals surface area (Å²) in [7, 11) is 0. The Kier molecular flexibility index (Phi) is 4.88. The normalized spacial score (nSPS) is 24.9. The van der Waals surface area contributed by atoms with E-state index in [1.165, 1.54) is 0 Å². The lowest BCUT2D eigenvalue weighted by Gasteiger charge is -2.50. The smallest absolute Gasteiger partial charge is 0.246 e. The van der Waals surface area contributed by atoms with Crippen molar-refractivity contribution in [2.45, 2.75) is 85.4 Å². The van der Waals surface area contributed by atoms with Gasteiger partial charge in [0.05, 0.1) is 0 Å². The largest absolute Gasteiger partial charge is 0.342 e. The molecule has 0 aromatic rings. The molecule has 0 saturated carbocycles. The van der Waals surface area contributed by atoms with Gasteiger partial charge in [-0.05, 0) is 32.1 Å². The van der Waals surface area contributed by atoms with Crippen LogP contribution in [0.4, 0.5) is 0 Å². The molecule has 0 spiro atoms. The Labute approximate surface area is 123 Å². The van der Waals surface area contributed by atoms with Crippen LogP contribution in [0.25, 0.3) is 0 Å². The number of hydrogen-bond donors (Lipinski definition) is 1. The minimum atomic E-state index is -0.436. The SMILES string of the molecule is CCCC(C)(C)N1C(=O)C(C(C)(C)C)NC(=O)C1CC. The van der Waals surface area contributed by atoms with Gasteiger partial charge >= 0.3 is 0 Å². The Bertz CT molecular complexity index is 382. The minimum absolute atomic E-state index is 0.0174. The lowest BCUT2D eigenvalue weighted by Crippen LogP contribution is -2.70. The van der Waals surface area contributed by atoms with Crippen LogP contribution < -0.4 is 5.32 Å². The second-order valence-electron chi connectivity index (χ2n) is 7.50. The first-order valence-corrected chi connectivity index (χ1v) is 7.69. The molecule has 20 heavy (non-hydrogen) atoms. The molecule has 0 aromatic heterocycles. The van der Waals surface area contributed by atoms with Crippen LogP contribution in [0.5, 0.6) is 0 Å². The third-order valence-electron chi connectivity index (χ3n) is 4.15. The standard InChI is InChI=1S/C16H30N2O2/c1-8-10-16(6,7)18-11(9-2)13(19)17-12(14(18)20)15(3,4)5/h11-12H,8-10H2,1-7H3,(H,17,19). The van der Waals surface area contributed by atoms with E-state index in [9.17, 15) is 9.59 Å². The van der Waals surface area contributed by atoms with Gasteiger partial charge in [0.25, 0.3) is 0 Å². The van der Waals surface area contributed by atoms with Crippen molar-refractivity contribution in [3.8, 4) is 0 Å². The fourth-order valence-electron chi connectivity index (χ4n) is 3.12. The van der Waals surface area contributed by atoms with Crippen molar-refractivity contribution < 1.29 is 9.59 Å². The van der Waals surface area contributed by atoms with Crippen LogP contribution in [0.3, 0.4) is 0 Å². The van der Waals surface area contributed by atoms with E-state index < -0.39 is 6.04 Å². The monoisotopic (exact) mass is 282 g/mol. The van der Waals surface area contributed by atoms with Gasteiger partial charge in [0.15, 0.2) is 0 Å². The van der Waals surface area contributed by atoms with Crippen molar-refractivity contribution in [3.05, 3.63) is 0 Å². The van der Waals surface area contributed by atoms with Gasteiger partial charge in [0, 0.05) is 5.54 Å². The molecule has 1 fully saturated rings. The molecule has 2 atom stereocenters. The van der Waals surface area contributed by atoms with Crippen molar-refractivity contribution in [2.75, 3.05) is 0 Å². The van der Waals surface area contributed by atoms with Crippen LogP contribution >= 0.6 is 0 Å². The summed E-state index contributed by atoms with van der Waals surface area (Å²) in [6.45, 7) is 14.2. The number of amides is 2. The number of piperazine rings is 1. The van der Waals surface area contributed by atoms with Crippen molar-refractivity contribution >= 4 is 11.8 Å². The molecule has 1 saturated heterocycles. The first-order chi connectivity index (χ1) is 9.06. The zero-order chi connectivity index (χ0) is 15.7. The van der Waals surface area contributed by atoms with E-state index in [1.54, 1.807) is 0 Å². The molecule has 4 nitrogen and oxygen atoms in total. The van der Waals surface area contributed by atoms with Crippen LogP contribution in [0, 0.1) is 5.41 Å². The Morgan fingerprint density at radius 1 is 1.10 bits per heavy atom. The van der Waals surface area contributed by atoms with Gasteiger partial charge < -0.3 is 10.2 Å². The van der Waals surface area contributed by atoms with Crippen LogP contribution in [0.15, 0.2) is 0 Å². The summed E-state index contributed by atoms with van der Waals surface area (Å²) in [5.74, 6) is 0.0404. The average molecular weight is 282 g/mol. The first kappa shape index (κ1) is 17.0. The Balaban J connectivity index is 3.20. The molecule has 1 rings (SSSR count). The van der Waals surface area contributed by atoms with Crippen LogP contribution in [-0.2, 0) is 9.59 Å². The van der Waals surface area contributed by atoms with E-state index in [2.05, 4.69) is 26.1 Å². The van der Waals surface area contributed by atoms with Crippen molar-refractivity contribution in [3.63, 3.8) is 0 Å². The maximum absolute atomic E-state index is 12.9. The quantitative estimate of drug-likeness (QED) is 0.862. The molecule has 0 aromatic carbocycles. The van der Waals surface area contributed by atoms with E-state index in [-0.39, 0.29) is 28.8 Å². The number of nitrogens with one attached hydrogen (secondary N) is 1. The summed E-state index contributed by atoms with van der Waals surface area (Å²) in [4.78, 5) is 27.1. The predicted octanol–water partition coefficient (Wildman–Crippen LogP) is 2.72. The van der Waals surface area contributed by atoms with Crippen molar-refractivity contribution in [2.24, 2.45) is 5.41 Å². The van der Waals surface area contributed by atoms with Gasteiger partial charge in [-0.1, -0.05) is 41.0 Å². The number of nitrogens with zero attached hydrogens (tertiary/aromatic N) is 1. The minimum Gasteiger partial charge on any atom is -0.342 e. The fourth-order valence-corrected chi connectivity index (χ4v) is 3.12. The van der Waals surface area contributed by atoms with Crippen LogP contribution in [-0.4, -0.2) is 34.3 Å². The van der Waals surface area contributed by atoms with E-state index in [4.69, 9.17) is 0 Å². The Morgan fingerprint density at radius 3 is 2.05 bits per heavy atom. The fraction of sp³-hybridized carbons (Fsp3) is 0.875. The first-order valence-electron chi connectivity index (χ1n) is 7.69. The van der Waals surface area contributed by atoms with Gasteiger partial charge in [-0.25, -0.2) is 0 Å². The van der Waals surface area contributed by atoms with Crippen molar-refractivity contribution in [1.29, 1.82) is 0 Å². The maximum Gasteiger partial charge on any atom is 0.246 e. The van der Waals surface area contributed by atoms with E-state index >= 15 is 0 Å². The average Bonchev–Trinajstić information content (AvgIpc) is 2.29. The maximum atomic E-state index is 12.9. The third kappa shape index (κ3) is 3.15. The Morgan fingerprint density at radius 2 is 1.65 bits per heavy atom. The summed E-state index contributed by atoms with van der Waals surface area (Å²) in [6.07, 6.45) is 2.55. The van der Waals surface area contributed by atoms with E-state index in [0.29, 0.717) is 6.42 Å². The molecule has 116 valence electrons. The molecule has 2 amide bonds. The molecule has 1 aliphatic rings. The molecular weight excluding hydrogens is 252 g/mol. The highest BCUT2D eigenvalue weighted by Crippen LogP contribution is 2.32. The molecular formula is C16H30N2O2. The Hall–Kier alpha value is -1.06. The lowest BCUT2D eigenvalue weighted by atomic mass is 9.81. The molecule has 2 unspecified atom stereocenters. The number of carbonyl (C=O) groups excluding carboxylic acids is 2. The van der Waals surface area contributed by atoms with Crippen LogP contribution in [0.2, 0.25) is 0 Å². The molecule has 0 radical (unpaired) electrons. The van der Waals surface area contributed by atoms with Gasteiger partial charge in [-0.3, -0.25) is 9.59 Å². The highest BCUT2D eigenvalue weighted by Gasteiger charge is 2.48. The predicted molar refractivity (Wildman–Crippen MR) is 81.3 cm³/mol. The van der Waals surface area contributed by atoms with Gasteiger partial charge in [-0.15, -0.1) is 0 Å². The zero-order valence-corrected chi connectivity index (χ0v) is 14.0. The second kappa shape index (κ2) is 5.74. The second-order valence-corrected chi connectivity index (χ2v) is 7.50. The third-order valence-corrected chi connectivity index (χ3v) is 4.15. The van der Waals surface area contributed by atoms with Gasteiger partial charge in [0.2, 0.25) is 11.8 Å². The summed E-state index contributed by atoms with van der Waals surface area (Å²) in [5, 5.41) is 2.92. The highest BCUT2D eigenvalue weighted by atomic mass is 16.2. The van der Waals surface area contributed by atoms with Gasteiger partial charge in [0.1, 0.15) is 12.1 Å². The molecule has 1 N–H and O–H groups in total. The number of rotatable bonds is 4. The molecule has 0 aliphatic carbocycles. The molecule has 1 aliphatic heterocycles. The zero-order valence-electron chi connectivity index (χ0n) is 14.0. The summed E-state index contributed by atoms with van der Waals surface area (Å²) < 4.78 is 0. The summed E-state index contributed by atoms with van der Waals surface area (Å²) in [6, 6.07) is -0.781. The van der Waals surface area contributed by atoms with E-state index in [1.807, 2.05) is 32.6 Å². The van der Waals surface area contributed by atoms with Crippen molar-refractivity contribution in [1.82, 2.24) is 10.2 Å². The molecule has 1 heterocycles.